The van der Waals surface area contributed by atoms with Crippen LogP contribution in [-0.4, -0.2) is 35.7 Å². The van der Waals surface area contributed by atoms with Gasteiger partial charge in [-0.15, -0.1) is 0 Å². The third-order valence-electron chi connectivity index (χ3n) is 4.77. The van der Waals surface area contributed by atoms with Gasteiger partial charge in [0.05, 0.1) is 0 Å². The molecule has 0 bridgehead atoms. The van der Waals surface area contributed by atoms with E-state index in [1.54, 1.807) is 50.4 Å². The van der Waals surface area contributed by atoms with Gasteiger partial charge in [-0.25, -0.2) is 0 Å². The predicted octanol–water partition coefficient (Wildman–Crippen LogP) is 2.86. The minimum atomic E-state index is -0.667. The van der Waals surface area contributed by atoms with Crippen molar-refractivity contribution in [3.05, 3.63) is 70.8 Å². The van der Waals surface area contributed by atoms with Crippen LogP contribution in [0.2, 0.25) is 0 Å². The molecule has 0 saturated carbocycles. The Hall–Kier alpha value is -3.15. The lowest BCUT2D eigenvalue weighted by atomic mass is 9.86. The van der Waals surface area contributed by atoms with E-state index in [1.807, 2.05) is 12.1 Å². The van der Waals surface area contributed by atoms with Crippen LogP contribution in [0.15, 0.2) is 48.5 Å². The van der Waals surface area contributed by atoms with Gasteiger partial charge in [-0.05, 0) is 47.7 Å². The number of hydrogen-bond donors (Lipinski definition) is 2. The molecule has 6 nitrogen and oxygen atoms in total. The van der Waals surface area contributed by atoms with Gasteiger partial charge in [-0.3, -0.25) is 14.4 Å². The van der Waals surface area contributed by atoms with Crippen molar-refractivity contribution in [2.45, 2.75) is 45.7 Å². The van der Waals surface area contributed by atoms with Crippen LogP contribution in [0, 0.1) is 0 Å². The van der Waals surface area contributed by atoms with E-state index < -0.39 is 11.9 Å². The Bertz CT molecular complexity index is 881. The lowest BCUT2D eigenvalue weighted by Gasteiger charge is -2.23. The summed E-state index contributed by atoms with van der Waals surface area (Å²) in [6.45, 7) is 8.36. The van der Waals surface area contributed by atoms with Gasteiger partial charge in [0.25, 0.3) is 5.91 Å². The molecule has 2 aromatic rings. The molecular formula is C23H29N3O3. The average molecular weight is 396 g/mol. The van der Waals surface area contributed by atoms with Gasteiger partial charge in [0.2, 0.25) is 11.8 Å². The van der Waals surface area contributed by atoms with Crippen LogP contribution in [0.25, 0.3) is 0 Å². The van der Waals surface area contributed by atoms with E-state index in [1.165, 1.54) is 4.90 Å². The number of carbonyl (C=O) groups is 3. The second-order valence-electron chi connectivity index (χ2n) is 8.28. The maximum atomic E-state index is 12.6. The van der Waals surface area contributed by atoms with Gasteiger partial charge in [0.15, 0.2) is 0 Å². The summed E-state index contributed by atoms with van der Waals surface area (Å²) in [7, 11) is 1.67. The van der Waals surface area contributed by atoms with Crippen LogP contribution in [0.3, 0.4) is 0 Å². The van der Waals surface area contributed by atoms with Gasteiger partial charge < -0.3 is 16.0 Å². The molecule has 0 saturated heterocycles. The van der Waals surface area contributed by atoms with E-state index in [2.05, 4.69) is 26.1 Å². The maximum absolute atomic E-state index is 12.6. The Morgan fingerprint density at radius 1 is 0.966 bits per heavy atom. The minimum absolute atomic E-state index is 0.0105. The van der Waals surface area contributed by atoms with Crippen LogP contribution < -0.4 is 11.1 Å². The monoisotopic (exact) mass is 395 g/mol. The zero-order valence-corrected chi connectivity index (χ0v) is 17.7. The molecule has 0 spiro atoms. The smallest absolute Gasteiger partial charge is 0.251 e. The molecule has 3 amide bonds. The molecule has 154 valence electrons. The highest BCUT2D eigenvalue weighted by Gasteiger charge is 2.21. The summed E-state index contributed by atoms with van der Waals surface area (Å²) in [6, 6.07) is 13.5. The van der Waals surface area contributed by atoms with Crippen molar-refractivity contribution in [3.8, 4) is 0 Å². The summed E-state index contributed by atoms with van der Waals surface area (Å²) in [5, 5.41) is 2.75. The number of carbonyl (C=O) groups excluding carboxylic acids is 3. The lowest BCUT2D eigenvalue weighted by molar-refractivity contribution is -0.132. The van der Waals surface area contributed by atoms with E-state index in [9.17, 15) is 14.4 Å². The molecule has 0 radical (unpaired) electrons. The number of amides is 3. The molecule has 0 unspecified atom stereocenters. The second-order valence-corrected chi connectivity index (χ2v) is 8.28. The normalized spacial score (nSPS) is 12.2. The van der Waals surface area contributed by atoms with Crippen molar-refractivity contribution in [2.24, 2.45) is 5.73 Å². The third-order valence-corrected chi connectivity index (χ3v) is 4.77. The quantitative estimate of drug-likeness (QED) is 0.788. The van der Waals surface area contributed by atoms with Crippen molar-refractivity contribution in [1.29, 1.82) is 0 Å². The molecule has 1 atom stereocenters. The summed E-state index contributed by atoms with van der Waals surface area (Å²) >= 11 is 0. The van der Waals surface area contributed by atoms with Crippen LogP contribution >= 0.6 is 0 Å². The number of nitrogens with zero attached hydrogens (tertiary/aromatic N) is 1. The number of primary amides is 1. The van der Waals surface area contributed by atoms with Crippen LogP contribution in [0.5, 0.6) is 0 Å². The highest BCUT2D eigenvalue weighted by molar-refractivity contribution is 5.97. The summed E-state index contributed by atoms with van der Waals surface area (Å²) in [5.41, 5.74) is 8.18. The zero-order chi connectivity index (χ0) is 21.8. The number of rotatable bonds is 6. The molecule has 0 aliphatic carbocycles. The topological polar surface area (TPSA) is 92.5 Å². The second kappa shape index (κ2) is 8.90. The highest BCUT2D eigenvalue weighted by Crippen LogP contribution is 2.22. The third kappa shape index (κ3) is 5.91. The molecule has 0 aliphatic rings. The molecule has 2 rings (SSSR count). The van der Waals surface area contributed by atoms with Crippen molar-refractivity contribution in [3.63, 3.8) is 0 Å². The zero-order valence-electron chi connectivity index (χ0n) is 17.7. The summed E-state index contributed by atoms with van der Waals surface area (Å²) in [4.78, 5) is 37.8. The first-order chi connectivity index (χ1) is 13.5. The van der Waals surface area contributed by atoms with Gasteiger partial charge in [-0.1, -0.05) is 45.0 Å². The Morgan fingerprint density at radius 2 is 1.48 bits per heavy atom. The van der Waals surface area contributed by atoms with Gasteiger partial charge in [0.1, 0.15) is 6.04 Å². The lowest BCUT2D eigenvalue weighted by Crippen LogP contribution is -2.45. The van der Waals surface area contributed by atoms with Crippen LogP contribution in [0.1, 0.15) is 59.5 Å². The van der Waals surface area contributed by atoms with Crippen LogP contribution in [-0.2, 0) is 16.8 Å². The standard InChI is InChI=1S/C23H29N3O3/c1-15(25-21(28)18-10-12-19(13-11-18)23(2,3)4)22(29)26(5)14-16-6-8-17(9-7-16)20(24)27/h6-13,15H,14H2,1-5H3,(H2,24,27)(H,25,28)/t15-/m1/s1. The maximum Gasteiger partial charge on any atom is 0.251 e. The van der Waals surface area contributed by atoms with E-state index in [4.69, 9.17) is 5.73 Å². The Balaban J connectivity index is 1.96. The van der Waals surface area contributed by atoms with E-state index >= 15 is 0 Å². The molecule has 0 heterocycles. The first-order valence-electron chi connectivity index (χ1n) is 9.54. The van der Waals surface area contributed by atoms with Crippen molar-refractivity contribution >= 4 is 17.7 Å². The first kappa shape index (κ1) is 22.1. The van der Waals surface area contributed by atoms with Crippen molar-refractivity contribution in [1.82, 2.24) is 10.2 Å². The fourth-order valence-electron chi connectivity index (χ4n) is 2.92. The Kier molecular flexibility index (Phi) is 6.80. The molecule has 6 heteroatoms. The van der Waals surface area contributed by atoms with Gasteiger partial charge in [-0.2, -0.15) is 0 Å². The molecule has 0 aliphatic heterocycles. The summed E-state index contributed by atoms with van der Waals surface area (Å²) in [6.07, 6.45) is 0. The van der Waals surface area contributed by atoms with Gasteiger partial charge in [0, 0.05) is 24.7 Å². The highest BCUT2D eigenvalue weighted by atomic mass is 16.2. The summed E-state index contributed by atoms with van der Waals surface area (Å²) in [5.74, 6) is -0.984. The van der Waals surface area contributed by atoms with Crippen molar-refractivity contribution in [2.75, 3.05) is 7.05 Å². The summed E-state index contributed by atoms with van der Waals surface area (Å²) < 4.78 is 0. The average Bonchev–Trinajstić information content (AvgIpc) is 2.67. The Labute approximate surface area is 172 Å². The molecule has 0 aromatic heterocycles. The number of hydrogen-bond acceptors (Lipinski definition) is 3. The Morgan fingerprint density at radius 3 is 1.97 bits per heavy atom. The fraction of sp³-hybridized carbons (Fsp3) is 0.348. The molecule has 29 heavy (non-hydrogen) atoms. The molecule has 3 N–H and O–H groups in total. The van der Waals surface area contributed by atoms with Crippen molar-refractivity contribution < 1.29 is 14.4 Å². The number of nitrogens with one attached hydrogen (secondary N) is 1. The van der Waals surface area contributed by atoms with E-state index in [0.29, 0.717) is 17.7 Å². The fourth-order valence-corrected chi connectivity index (χ4v) is 2.92. The SMILES string of the molecule is C[C@@H](NC(=O)c1ccc(C(C)(C)C)cc1)C(=O)N(C)Cc1ccc(C(N)=O)cc1. The first-order valence-corrected chi connectivity index (χ1v) is 9.54. The number of likely N-dealkylation sites (N-methyl/N-ethyl adjacent to an activating group) is 1. The number of nitrogens with two attached hydrogens (primary N) is 1. The molecular weight excluding hydrogens is 366 g/mol. The number of benzene rings is 2. The largest absolute Gasteiger partial charge is 0.366 e. The van der Waals surface area contributed by atoms with E-state index in [0.717, 1.165) is 11.1 Å². The molecule has 2 aromatic carbocycles. The van der Waals surface area contributed by atoms with Crippen LogP contribution in [0.4, 0.5) is 0 Å². The minimum Gasteiger partial charge on any atom is -0.366 e. The van der Waals surface area contributed by atoms with Gasteiger partial charge >= 0.3 is 0 Å². The predicted molar refractivity (Wildman–Crippen MR) is 114 cm³/mol. The van der Waals surface area contributed by atoms with E-state index in [-0.39, 0.29) is 17.2 Å². The molecule has 0 fully saturated rings.